The molecule has 1 aromatic carbocycles. The highest BCUT2D eigenvalue weighted by molar-refractivity contribution is 7.80. The maximum atomic E-state index is 12.4. The molecular weight excluding hydrogens is 310 g/mol. The van der Waals surface area contributed by atoms with Crippen molar-refractivity contribution in [2.75, 3.05) is 6.61 Å². The van der Waals surface area contributed by atoms with Crippen molar-refractivity contribution in [3.63, 3.8) is 0 Å². The fourth-order valence-corrected chi connectivity index (χ4v) is 2.73. The van der Waals surface area contributed by atoms with E-state index in [9.17, 15) is 9.59 Å². The van der Waals surface area contributed by atoms with Gasteiger partial charge >= 0.3 is 6.09 Å². The Morgan fingerprint density at radius 3 is 2.62 bits per heavy atom. The van der Waals surface area contributed by atoms with Crippen LogP contribution >= 0.6 is 24.2 Å². The van der Waals surface area contributed by atoms with Gasteiger partial charge in [-0.2, -0.15) is 12.6 Å². The van der Waals surface area contributed by atoms with Crippen LogP contribution in [0.4, 0.5) is 4.79 Å². The Bertz CT molecular complexity index is 532. The van der Waals surface area contributed by atoms with E-state index in [4.69, 9.17) is 16.3 Å². The van der Waals surface area contributed by atoms with Gasteiger partial charge in [-0.25, -0.2) is 9.69 Å². The van der Waals surface area contributed by atoms with E-state index >= 15 is 0 Å². The topological polar surface area (TPSA) is 46.6 Å². The fraction of sp³-hybridized carbons (Fsp3) is 0.467. The van der Waals surface area contributed by atoms with Gasteiger partial charge in [0.25, 0.3) is 0 Å². The van der Waals surface area contributed by atoms with Gasteiger partial charge in [-0.05, 0) is 23.6 Å². The van der Waals surface area contributed by atoms with Crippen LogP contribution in [0.5, 0.6) is 0 Å². The molecule has 0 bridgehead atoms. The van der Waals surface area contributed by atoms with Gasteiger partial charge in [0.1, 0.15) is 6.61 Å². The van der Waals surface area contributed by atoms with Crippen LogP contribution in [-0.4, -0.2) is 29.5 Å². The molecule has 0 spiro atoms. The standard InChI is InChI=1S/C15H18ClNO3S/c1-9(2)12-8-20-15(19)17(12)14(18)7-13(21)10-3-5-11(16)6-4-10/h3-6,9,12-13,21H,7-8H2,1-2H3/t12-,13+/m1/s1. The molecule has 1 aromatic rings. The highest BCUT2D eigenvalue weighted by atomic mass is 35.5. The van der Waals surface area contributed by atoms with E-state index in [1.165, 1.54) is 4.90 Å². The minimum Gasteiger partial charge on any atom is -0.447 e. The number of imide groups is 1. The molecule has 0 aliphatic carbocycles. The average Bonchev–Trinajstić information content (AvgIpc) is 2.81. The molecule has 0 saturated carbocycles. The molecule has 2 rings (SSSR count). The van der Waals surface area contributed by atoms with E-state index in [1.54, 1.807) is 12.1 Å². The van der Waals surface area contributed by atoms with E-state index in [2.05, 4.69) is 12.6 Å². The summed E-state index contributed by atoms with van der Waals surface area (Å²) in [6.07, 6.45) is -0.418. The van der Waals surface area contributed by atoms with Crippen molar-refractivity contribution in [2.45, 2.75) is 31.6 Å². The number of carbonyl (C=O) groups is 2. The number of amides is 2. The van der Waals surface area contributed by atoms with E-state index < -0.39 is 6.09 Å². The summed E-state index contributed by atoms with van der Waals surface area (Å²) in [6.45, 7) is 4.19. The Kier molecular flexibility index (Phi) is 5.17. The summed E-state index contributed by atoms with van der Waals surface area (Å²) >= 11 is 10.3. The van der Waals surface area contributed by atoms with E-state index in [0.717, 1.165) is 5.56 Å². The van der Waals surface area contributed by atoms with Crippen molar-refractivity contribution in [1.29, 1.82) is 0 Å². The number of benzene rings is 1. The molecule has 21 heavy (non-hydrogen) atoms. The van der Waals surface area contributed by atoms with Gasteiger partial charge in [0.15, 0.2) is 0 Å². The molecule has 1 aliphatic rings. The van der Waals surface area contributed by atoms with Gasteiger partial charge < -0.3 is 4.74 Å². The van der Waals surface area contributed by atoms with Crippen LogP contribution in [0.15, 0.2) is 24.3 Å². The first-order valence-electron chi connectivity index (χ1n) is 6.82. The van der Waals surface area contributed by atoms with Crippen molar-refractivity contribution in [2.24, 2.45) is 5.92 Å². The first-order chi connectivity index (χ1) is 9.90. The summed E-state index contributed by atoms with van der Waals surface area (Å²) in [6, 6.07) is 6.97. The molecular formula is C15H18ClNO3S. The van der Waals surface area contributed by atoms with Crippen molar-refractivity contribution >= 4 is 36.2 Å². The minimum atomic E-state index is -0.560. The number of hydrogen-bond acceptors (Lipinski definition) is 4. The summed E-state index contributed by atoms with van der Waals surface area (Å²) in [7, 11) is 0. The SMILES string of the molecule is CC(C)[C@H]1COC(=O)N1C(=O)C[C@H](S)c1ccc(Cl)cc1. The van der Waals surface area contributed by atoms with Gasteiger partial charge in [-0.3, -0.25) is 4.79 Å². The van der Waals surface area contributed by atoms with Crippen LogP contribution in [-0.2, 0) is 9.53 Å². The van der Waals surface area contributed by atoms with Crippen LogP contribution in [0.2, 0.25) is 5.02 Å². The maximum Gasteiger partial charge on any atom is 0.416 e. The number of hydrogen-bond donors (Lipinski definition) is 1. The summed E-state index contributed by atoms with van der Waals surface area (Å²) in [5, 5.41) is 0.351. The number of nitrogens with zero attached hydrogens (tertiary/aromatic N) is 1. The molecule has 2 atom stereocenters. The Labute approximate surface area is 134 Å². The summed E-state index contributed by atoms with van der Waals surface area (Å²) in [5.74, 6) is -0.0968. The molecule has 0 unspecified atom stereocenters. The predicted molar refractivity (Wildman–Crippen MR) is 84.6 cm³/mol. The van der Waals surface area contributed by atoms with Crippen molar-refractivity contribution in [3.05, 3.63) is 34.9 Å². The van der Waals surface area contributed by atoms with Crippen LogP contribution in [0.3, 0.4) is 0 Å². The lowest BCUT2D eigenvalue weighted by Gasteiger charge is -2.23. The zero-order chi connectivity index (χ0) is 15.6. The molecule has 0 N–H and O–H groups in total. The molecule has 114 valence electrons. The minimum absolute atomic E-state index is 0.142. The van der Waals surface area contributed by atoms with Crippen molar-refractivity contribution < 1.29 is 14.3 Å². The third kappa shape index (κ3) is 3.71. The summed E-state index contributed by atoms with van der Waals surface area (Å²) in [4.78, 5) is 25.3. The van der Waals surface area contributed by atoms with Gasteiger partial charge in [-0.15, -0.1) is 0 Å². The number of rotatable bonds is 4. The summed E-state index contributed by atoms with van der Waals surface area (Å²) < 4.78 is 4.99. The van der Waals surface area contributed by atoms with Gasteiger partial charge in [0.05, 0.1) is 6.04 Å². The number of ether oxygens (including phenoxy) is 1. The fourth-order valence-electron chi connectivity index (χ4n) is 2.28. The van der Waals surface area contributed by atoms with Gasteiger partial charge in [-0.1, -0.05) is 37.6 Å². The second-order valence-electron chi connectivity index (χ2n) is 5.42. The monoisotopic (exact) mass is 327 g/mol. The first kappa shape index (κ1) is 16.2. The average molecular weight is 328 g/mol. The Hall–Kier alpha value is -1.20. The first-order valence-corrected chi connectivity index (χ1v) is 7.72. The second kappa shape index (κ2) is 6.71. The molecule has 1 saturated heterocycles. The van der Waals surface area contributed by atoms with E-state index in [-0.39, 0.29) is 36.1 Å². The molecule has 0 radical (unpaired) electrons. The third-order valence-corrected chi connectivity index (χ3v) is 4.30. The zero-order valence-corrected chi connectivity index (χ0v) is 13.6. The molecule has 4 nitrogen and oxygen atoms in total. The smallest absolute Gasteiger partial charge is 0.416 e. The lowest BCUT2D eigenvalue weighted by molar-refractivity contribution is -0.129. The quantitative estimate of drug-likeness (QED) is 0.858. The molecule has 6 heteroatoms. The Balaban J connectivity index is 2.06. The van der Waals surface area contributed by atoms with Crippen LogP contribution in [0.1, 0.15) is 31.1 Å². The molecule has 1 heterocycles. The number of thiol groups is 1. The summed E-state index contributed by atoms with van der Waals surface area (Å²) in [5.41, 5.74) is 0.893. The molecule has 0 aromatic heterocycles. The van der Waals surface area contributed by atoms with Gasteiger partial charge in [0, 0.05) is 16.7 Å². The normalized spacial score (nSPS) is 19.8. The maximum absolute atomic E-state index is 12.4. The van der Waals surface area contributed by atoms with Crippen LogP contribution < -0.4 is 0 Å². The van der Waals surface area contributed by atoms with Crippen LogP contribution in [0.25, 0.3) is 0 Å². The predicted octanol–water partition coefficient (Wildman–Crippen LogP) is 3.70. The number of halogens is 1. The van der Waals surface area contributed by atoms with E-state index in [1.807, 2.05) is 26.0 Å². The molecule has 2 amide bonds. The Morgan fingerprint density at radius 1 is 1.43 bits per heavy atom. The second-order valence-corrected chi connectivity index (χ2v) is 6.48. The molecule has 1 aliphatic heterocycles. The largest absolute Gasteiger partial charge is 0.447 e. The van der Waals surface area contributed by atoms with Crippen molar-refractivity contribution in [3.8, 4) is 0 Å². The molecule has 1 fully saturated rings. The lowest BCUT2D eigenvalue weighted by Crippen LogP contribution is -2.42. The highest BCUT2D eigenvalue weighted by Crippen LogP contribution is 2.28. The lowest BCUT2D eigenvalue weighted by atomic mass is 10.0. The third-order valence-electron chi connectivity index (χ3n) is 3.57. The zero-order valence-electron chi connectivity index (χ0n) is 12.0. The van der Waals surface area contributed by atoms with Crippen LogP contribution in [0, 0.1) is 5.92 Å². The Morgan fingerprint density at radius 2 is 2.05 bits per heavy atom. The van der Waals surface area contributed by atoms with Crippen molar-refractivity contribution in [1.82, 2.24) is 4.90 Å². The van der Waals surface area contributed by atoms with E-state index in [0.29, 0.717) is 5.02 Å². The number of cyclic esters (lactones) is 1. The van der Waals surface area contributed by atoms with Gasteiger partial charge in [0.2, 0.25) is 5.91 Å². The highest BCUT2D eigenvalue weighted by Gasteiger charge is 2.39. The number of carbonyl (C=O) groups excluding carboxylic acids is 2.